The second-order valence-corrected chi connectivity index (χ2v) is 5.89. The molecule has 0 aromatic carbocycles. The van der Waals surface area contributed by atoms with Crippen molar-refractivity contribution < 1.29 is 14.7 Å². The van der Waals surface area contributed by atoms with Crippen LogP contribution in [-0.4, -0.2) is 42.0 Å². The van der Waals surface area contributed by atoms with Gasteiger partial charge < -0.3 is 10.4 Å². The van der Waals surface area contributed by atoms with Gasteiger partial charge in [0.2, 0.25) is 5.91 Å². The highest BCUT2D eigenvalue weighted by molar-refractivity contribution is 7.16. The molecule has 0 spiro atoms. The third-order valence-corrected chi connectivity index (χ3v) is 4.28. The largest absolute Gasteiger partial charge is 0.481 e. The molecule has 7 heteroatoms. The van der Waals surface area contributed by atoms with Crippen LogP contribution in [0.4, 0.5) is 5.00 Å². The lowest BCUT2D eigenvalue weighted by molar-refractivity contribution is -0.137. The van der Waals surface area contributed by atoms with Crippen molar-refractivity contribution in [2.24, 2.45) is 0 Å². The number of carboxylic acid groups (broad SMARTS) is 1. The van der Waals surface area contributed by atoms with Crippen LogP contribution in [-0.2, 0) is 9.59 Å². The standard InChI is InChI=1S/C13H20N2O3S.ClH/c1-8-9(2)13(19-10(8)3)14-11(16)7-15(4)6-5-12(17)18;/h5-7H2,1-4H3,(H,14,16)(H,17,18);1H. The number of nitrogens with one attached hydrogen (secondary N) is 1. The molecule has 0 radical (unpaired) electrons. The highest BCUT2D eigenvalue weighted by Gasteiger charge is 2.13. The van der Waals surface area contributed by atoms with E-state index in [0.29, 0.717) is 6.54 Å². The van der Waals surface area contributed by atoms with E-state index >= 15 is 0 Å². The number of rotatable bonds is 6. The minimum absolute atomic E-state index is 0. The smallest absolute Gasteiger partial charge is 0.304 e. The number of anilines is 1. The first-order valence-corrected chi connectivity index (χ1v) is 6.89. The average molecular weight is 321 g/mol. The maximum Gasteiger partial charge on any atom is 0.304 e. The first-order chi connectivity index (χ1) is 8.81. The molecule has 0 unspecified atom stereocenters. The molecule has 1 aromatic rings. The Morgan fingerprint density at radius 2 is 1.85 bits per heavy atom. The molecular formula is C13H21ClN2O3S. The Morgan fingerprint density at radius 3 is 2.30 bits per heavy atom. The summed E-state index contributed by atoms with van der Waals surface area (Å²) in [4.78, 5) is 25.2. The number of amides is 1. The van der Waals surface area contributed by atoms with Crippen LogP contribution in [0.5, 0.6) is 0 Å². The van der Waals surface area contributed by atoms with Crippen molar-refractivity contribution in [3.8, 4) is 0 Å². The van der Waals surface area contributed by atoms with Gasteiger partial charge in [-0.2, -0.15) is 0 Å². The van der Waals surface area contributed by atoms with Crippen molar-refractivity contribution in [1.29, 1.82) is 0 Å². The van der Waals surface area contributed by atoms with Crippen LogP contribution in [0.1, 0.15) is 22.4 Å². The number of likely N-dealkylation sites (N-methyl/N-ethyl adjacent to an activating group) is 1. The summed E-state index contributed by atoms with van der Waals surface area (Å²) in [6.45, 7) is 6.62. The van der Waals surface area contributed by atoms with E-state index in [0.717, 1.165) is 10.6 Å². The predicted octanol–water partition coefficient (Wildman–Crippen LogP) is 2.44. The molecule has 0 aliphatic rings. The quantitative estimate of drug-likeness (QED) is 0.844. The molecule has 1 heterocycles. The summed E-state index contributed by atoms with van der Waals surface area (Å²) in [5.41, 5.74) is 2.31. The number of aliphatic carboxylic acids is 1. The molecule has 1 aromatic heterocycles. The van der Waals surface area contributed by atoms with Gasteiger partial charge in [0.1, 0.15) is 0 Å². The Labute approximate surface area is 129 Å². The minimum Gasteiger partial charge on any atom is -0.481 e. The number of halogens is 1. The SMILES string of the molecule is Cc1sc(NC(=O)CN(C)CCC(=O)O)c(C)c1C.Cl. The number of carboxylic acids is 1. The van der Waals surface area contributed by atoms with Gasteiger partial charge in [-0.3, -0.25) is 14.5 Å². The molecule has 0 saturated heterocycles. The molecule has 0 fully saturated rings. The van der Waals surface area contributed by atoms with Crippen molar-refractivity contribution in [2.45, 2.75) is 27.2 Å². The molecule has 1 amide bonds. The first-order valence-electron chi connectivity index (χ1n) is 6.08. The van der Waals surface area contributed by atoms with Crippen LogP contribution in [0.3, 0.4) is 0 Å². The summed E-state index contributed by atoms with van der Waals surface area (Å²) in [7, 11) is 1.74. The molecule has 2 N–H and O–H groups in total. The monoisotopic (exact) mass is 320 g/mol. The first kappa shape index (κ1) is 18.9. The lowest BCUT2D eigenvalue weighted by Crippen LogP contribution is -2.31. The molecule has 5 nitrogen and oxygen atoms in total. The number of carbonyl (C=O) groups is 2. The number of aryl methyl sites for hydroxylation is 1. The van der Waals surface area contributed by atoms with Crippen LogP contribution in [0.2, 0.25) is 0 Å². The maximum absolute atomic E-state index is 11.8. The second kappa shape index (κ2) is 8.24. The number of carbonyl (C=O) groups excluding carboxylic acids is 1. The van der Waals surface area contributed by atoms with Gasteiger partial charge in [-0.15, -0.1) is 23.7 Å². The number of nitrogens with zero attached hydrogens (tertiary/aromatic N) is 1. The van der Waals surface area contributed by atoms with Gasteiger partial charge in [-0.05, 0) is 38.9 Å². The summed E-state index contributed by atoms with van der Waals surface area (Å²) in [6, 6.07) is 0. The predicted molar refractivity (Wildman–Crippen MR) is 84.2 cm³/mol. The van der Waals surface area contributed by atoms with E-state index in [1.165, 1.54) is 10.4 Å². The van der Waals surface area contributed by atoms with Gasteiger partial charge in [0.15, 0.2) is 0 Å². The van der Waals surface area contributed by atoms with Gasteiger partial charge in [-0.1, -0.05) is 0 Å². The number of hydrogen-bond donors (Lipinski definition) is 2. The zero-order valence-corrected chi connectivity index (χ0v) is 13.8. The van der Waals surface area contributed by atoms with Crippen LogP contribution in [0.15, 0.2) is 0 Å². The van der Waals surface area contributed by atoms with E-state index < -0.39 is 5.97 Å². The Kier molecular flexibility index (Phi) is 7.78. The van der Waals surface area contributed by atoms with E-state index in [-0.39, 0.29) is 31.3 Å². The fourth-order valence-electron chi connectivity index (χ4n) is 1.64. The zero-order chi connectivity index (χ0) is 14.6. The van der Waals surface area contributed by atoms with Crippen molar-refractivity contribution in [1.82, 2.24) is 4.90 Å². The van der Waals surface area contributed by atoms with E-state index in [4.69, 9.17) is 5.11 Å². The lowest BCUT2D eigenvalue weighted by Gasteiger charge is -2.14. The second-order valence-electron chi connectivity index (χ2n) is 4.67. The van der Waals surface area contributed by atoms with Crippen molar-refractivity contribution in [3.05, 3.63) is 16.0 Å². The van der Waals surface area contributed by atoms with E-state index in [1.807, 2.05) is 20.8 Å². The molecule has 0 bridgehead atoms. The van der Waals surface area contributed by atoms with Crippen molar-refractivity contribution in [2.75, 3.05) is 25.5 Å². The molecule has 0 aliphatic carbocycles. The fraction of sp³-hybridized carbons (Fsp3) is 0.538. The Bertz CT molecular complexity index is 488. The Morgan fingerprint density at radius 1 is 1.25 bits per heavy atom. The fourth-order valence-corrected chi connectivity index (χ4v) is 2.72. The van der Waals surface area contributed by atoms with Crippen molar-refractivity contribution >= 4 is 40.6 Å². The number of thiophene rings is 1. The highest BCUT2D eigenvalue weighted by Crippen LogP contribution is 2.31. The summed E-state index contributed by atoms with van der Waals surface area (Å²) >= 11 is 1.57. The van der Waals surface area contributed by atoms with Crippen LogP contribution in [0.25, 0.3) is 0 Å². The average Bonchev–Trinajstić information content (AvgIpc) is 2.54. The molecule has 20 heavy (non-hydrogen) atoms. The maximum atomic E-state index is 11.8. The van der Waals surface area contributed by atoms with Crippen LogP contribution in [0, 0.1) is 20.8 Å². The Hall–Kier alpha value is -1.11. The van der Waals surface area contributed by atoms with Gasteiger partial charge in [0.05, 0.1) is 18.0 Å². The van der Waals surface area contributed by atoms with E-state index in [1.54, 1.807) is 23.3 Å². The van der Waals surface area contributed by atoms with Gasteiger partial charge in [0.25, 0.3) is 0 Å². The third kappa shape index (κ3) is 5.48. The number of hydrogen-bond acceptors (Lipinski definition) is 4. The Balaban J connectivity index is 0.00000361. The van der Waals surface area contributed by atoms with Gasteiger partial charge >= 0.3 is 5.97 Å². The zero-order valence-electron chi connectivity index (χ0n) is 12.1. The molecule has 0 saturated carbocycles. The van der Waals surface area contributed by atoms with Gasteiger partial charge in [-0.25, -0.2) is 0 Å². The highest BCUT2D eigenvalue weighted by atomic mass is 35.5. The molecular weight excluding hydrogens is 300 g/mol. The summed E-state index contributed by atoms with van der Waals surface area (Å²) in [5, 5.41) is 12.3. The topological polar surface area (TPSA) is 69.6 Å². The van der Waals surface area contributed by atoms with E-state index in [9.17, 15) is 9.59 Å². The minimum atomic E-state index is -0.854. The molecule has 0 atom stereocenters. The molecule has 114 valence electrons. The van der Waals surface area contributed by atoms with Crippen molar-refractivity contribution in [3.63, 3.8) is 0 Å². The van der Waals surface area contributed by atoms with Gasteiger partial charge in [0, 0.05) is 11.4 Å². The third-order valence-electron chi connectivity index (χ3n) is 3.06. The summed E-state index contributed by atoms with van der Waals surface area (Å²) < 4.78 is 0. The van der Waals surface area contributed by atoms with Crippen LogP contribution < -0.4 is 5.32 Å². The summed E-state index contributed by atoms with van der Waals surface area (Å²) in [6.07, 6.45) is 0.0417. The molecule has 1 rings (SSSR count). The normalized spacial score (nSPS) is 10.2. The summed E-state index contributed by atoms with van der Waals surface area (Å²) in [5.74, 6) is -0.968. The van der Waals surface area contributed by atoms with E-state index in [2.05, 4.69) is 5.32 Å². The van der Waals surface area contributed by atoms with Crippen LogP contribution >= 0.6 is 23.7 Å². The molecule has 0 aliphatic heterocycles. The lowest BCUT2D eigenvalue weighted by atomic mass is 10.2.